The van der Waals surface area contributed by atoms with Gasteiger partial charge in [-0.15, -0.1) is 0 Å². The minimum absolute atomic E-state index is 0.0490. The van der Waals surface area contributed by atoms with Gasteiger partial charge >= 0.3 is 0 Å². The first kappa shape index (κ1) is 14.3. The van der Waals surface area contributed by atoms with Crippen molar-refractivity contribution in [2.45, 2.75) is 27.2 Å². The summed E-state index contributed by atoms with van der Waals surface area (Å²) in [5, 5.41) is 2.95. The molecule has 4 nitrogen and oxygen atoms in total. The minimum Gasteiger partial charge on any atom is -0.326 e. The second-order valence-corrected chi connectivity index (χ2v) is 5.75. The molecule has 1 N–H and O–H groups in total. The van der Waals surface area contributed by atoms with Gasteiger partial charge < -0.3 is 9.72 Å². The van der Waals surface area contributed by atoms with Crippen molar-refractivity contribution in [3.8, 4) is 0 Å². The van der Waals surface area contributed by atoms with E-state index in [0.29, 0.717) is 0 Å². The first-order valence-electron chi connectivity index (χ1n) is 7.32. The van der Waals surface area contributed by atoms with E-state index in [4.69, 9.17) is 0 Å². The molecule has 0 radical (unpaired) electrons. The number of carbonyl (C=O) groups is 1. The standard InChI is InChI=1S/C18H19N3O/c1-12-4-5-16(14(3)8-12)20-18(22)10-15-11-21-7-6-13(2)9-17(21)19-15/h4-9,11H,10H2,1-3H3,(H,20,22). The Balaban J connectivity index is 1.75. The van der Waals surface area contributed by atoms with Crippen LogP contribution in [0.5, 0.6) is 0 Å². The van der Waals surface area contributed by atoms with Gasteiger partial charge in [-0.2, -0.15) is 0 Å². The lowest BCUT2D eigenvalue weighted by molar-refractivity contribution is -0.115. The monoisotopic (exact) mass is 293 g/mol. The number of amides is 1. The molecular formula is C18H19N3O. The van der Waals surface area contributed by atoms with Crippen LogP contribution in [0.4, 0.5) is 5.69 Å². The summed E-state index contributed by atoms with van der Waals surface area (Å²) in [7, 11) is 0. The van der Waals surface area contributed by atoms with E-state index < -0.39 is 0 Å². The molecule has 0 unspecified atom stereocenters. The van der Waals surface area contributed by atoms with Crippen molar-refractivity contribution in [1.82, 2.24) is 9.38 Å². The van der Waals surface area contributed by atoms with E-state index in [-0.39, 0.29) is 12.3 Å². The molecule has 0 spiro atoms. The molecule has 1 amide bonds. The number of nitrogens with one attached hydrogen (secondary N) is 1. The van der Waals surface area contributed by atoms with Crippen LogP contribution >= 0.6 is 0 Å². The van der Waals surface area contributed by atoms with E-state index in [0.717, 1.165) is 28.2 Å². The summed E-state index contributed by atoms with van der Waals surface area (Å²) >= 11 is 0. The van der Waals surface area contributed by atoms with Crippen LogP contribution in [-0.4, -0.2) is 15.3 Å². The predicted octanol–water partition coefficient (Wildman–Crippen LogP) is 3.44. The molecule has 0 aliphatic rings. The average Bonchev–Trinajstić information content (AvgIpc) is 2.83. The largest absolute Gasteiger partial charge is 0.326 e. The maximum Gasteiger partial charge on any atom is 0.230 e. The fraction of sp³-hybridized carbons (Fsp3) is 0.222. The molecule has 3 aromatic rings. The number of benzene rings is 1. The molecule has 0 saturated heterocycles. The first-order chi connectivity index (χ1) is 10.5. The number of imidazole rings is 1. The second-order valence-electron chi connectivity index (χ2n) is 5.75. The smallest absolute Gasteiger partial charge is 0.230 e. The van der Waals surface area contributed by atoms with Gasteiger partial charge in [-0.3, -0.25) is 4.79 Å². The molecule has 2 heterocycles. The summed E-state index contributed by atoms with van der Waals surface area (Å²) in [6.07, 6.45) is 4.13. The average molecular weight is 293 g/mol. The number of aromatic nitrogens is 2. The quantitative estimate of drug-likeness (QED) is 0.804. The van der Waals surface area contributed by atoms with Gasteiger partial charge in [0.1, 0.15) is 5.65 Å². The Labute approximate surface area is 129 Å². The normalized spacial score (nSPS) is 10.9. The number of anilines is 1. The van der Waals surface area contributed by atoms with E-state index in [9.17, 15) is 4.79 Å². The van der Waals surface area contributed by atoms with E-state index in [2.05, 4.69) is 16.4 Å². The highest BCUT2D eigenvalue weighted by Crippen LogP contribution is 2.16. The van der Waals surface area contributed by atoms with Gasteiger partial charge in [0, 0.05) is 18.1 Å². The van der Waals surface area contributed by atoms with Crippen LogP contribution in [0.25, 0.3) is 5.65 Å². The lowest BCUT2D eigenvalue weighted by Gasteiger charge is -2.08. The number of aryl methyl sites for hydroxylation is 3. The Morgan fingerprint density at radius 1 is 1.14 bits per heavy atom. The van der Waals surface area contributed by atoms with Crippen molar-refractivity contribution in [3.05, 3.63) is 65.1 Å². The van der Waals surface area contributed by atoms with Crippen molar-refractivity contribution in [1.29, 1.82) is 0 Å². The molecule has 112 valence electrons. The number of rotatable bonds is 3. The highest BCUT2D eigenvalue weighted by Gasteiger charge is 2.09. The Hall–Kier alpha value is -2.62. The van der Waals surface area contributed by atoms with E-state index in [1.807, 2.05) is 61.8 Å². The number of fused-ring (bicyclic) bond motifs is 1. The Kier molecular flexibility index (Phi) is 3.67. The zero-order chi connectivity index (χ0) is 15.7. The third-order valence-electron chi connectivity index (χ3n) is 3.66. The molecule has 0 aliphatic carbocycles. The van der Waals surface area contributed by atoms with Crippen molar-refractivity contribution >= 4 is 17.2 Å². The van der Waals surface area contributed by atoms with Crippen LogP contribution in [0.1, 0.15) is 22.4 Å². The number of carbonyl (C=O) groups excluding carboxylic acids is 1. The Morgan fingerprint density at radius 2 is 1.91 bits per heavy atom. The number of nitrogens with zero attached hydrogens (tertiary/aromatic N) is 2. The highest BCUT2D eigenvalue weighted by atomic mass is 16.1. The van der Waals surface area contributed by atoms with E-state index in [1.165, 1.54) is 5.56 Å². The summed E-state index contributed by atoms with van der Waals surface area (Å²) in [5.74, 6) is -0.0490. The van der Waals surface area contributed by atoms with Crippen LogP contribution < -0.4 is 5.32 Å². The molecule has 22 heavy (non-hydrogen) atoms. The van der Waals surface area contributed by atoms with Crippen LogP contribution in [0.15, 0.2) is 42.7 Å². The fourth-order valence-electron chi connectivity index (χ4n) is 2.53. The molecular weight excluding hydrogens is 274 g/mol. The third-order valence-corrected chi connectivity index (χ3v) is 3.66. The molecule has 0 aliphatic heterocycles. The third kappa shape index (κ3) is 3.01. The van der Waals surface area contributed by atoms with E-state index >= 15 is 0 Å². The zero-order valence-electron chi connectivity index (χ0n) is 13.1. The van der Waals surface area contributed by atoms with Crippen molar-refractivity contribution in [2.24, 2.45) is 0 Å². The molecule has 0 fully saturated rings. The van der Waals surface area contributed by atoms with Crippen LogP contribution in [-0.2, 0) is 11.2 Å². The van der Waals surface area contributed by atoms with Gasteiger partial charge in [-0.25, -0.2) is 4.98 Å². The molecule has 4 heteroatoms. The maximum atomic E-state index is 12.2. The molecule has 0 bridgehead atoms. The Bertz CT molecular complexity index is 849. The summed E-state index contributed by atoms with van der Waals surface area (Å²) in [4.78, 5) is 16.7. The molecule has 2 aromatic heterocycles. The van der Waals surface area contributed by atoms with Crippen LogP contribution in [0.3, 0.4) is 0 Å². The summed E-state index contributed by atoms with van der Waals surface area (Å²) in [5.41, 5.74) is 5.91. The summed E-state index contributed by atoms with van der Waals surface area (Å²) in [6.45, 7) is 6.06. The zero-order valence-corrected chi connectivity index (χ0v) is 13.1. The van der Waals surface area contributed by atoms with Gasteiger partial charge in [0.2, 0.25) is 5.91 Å². The van der Waals surface area contributed by atoms with Gasteiger partial charge in [0.15, 0.2) is 0 Å². The number of hydrogen-bond donors (Lipinski definition) is 1. The lowest BCUT2D eigenvalue weighted by Crippen LogP contribution is -2.15. The predicted molar refractivity (Wildman–Crippen MR) is 88.2 cm³/mol. The van der Waals surface area contributed by atoms with Crippen LogP contribution in [0.2, 0.25) is 0 Å². The molecule has 1 aromatic carbocycles. The summed E-state index contributed by atoms with van der Waals surface area (Å²) in [6, 6.07) is 10.0. The number of pyridine rings is 1. The topological polar surface area (TPSA) is 46.4 Å². The molecule has 3 rings (SSSR count). The molecule has 0 atom stereocenters. The fourth-order valence-corrected chi connectivity index (χ4v) is 2.53. The number of hydrogen-bond acceptors (Lipinski definition) is 2. The second kappa shape index (κ2) is 5.64. The van der Waals surface area contributed by atoms with Gasteiger partial charge in [0.05, 0.1) is 12.1 Å². The highest BCUT2D eigenvalue weighted by molar-refractivity contribution is 5.92. The Morgan fingerprint density at radius 3 is 2.68 bits per heavy atom. The van der Waals surface area contributed by atoms with Crippen molar-refractivity contribution in [2.75, 3.05) is 5.32 Å². The van der Waals surface area contributed by atoms with Gasteiger partial charge in [-0.1, -0.05) is 17.7 Å². The van der Waals surface area contributed by atoms with Gasteiger partial charge in [0.25, 0.3) is 0 Å². The maximum absolute atomic E-state index is 12.2. The van der Waals surface area contributed by atoms with Crippen LogP contribution in [0, 0.1) is 20.8 Å². The minimum atomic E-state index is -0.0490. The molecule has 0 saturated carbocycles. The lowest BCUT2D eigenvalue weighted by atomic mass is 10.1. The summed E-state index contributed by atoms with van der Waals surface area (Å²) < 4.78 is 1.94. The SMILES string of the molecule is Cc1ccc(NC(=O)Cc2cn3ccc(C)cc3n2)c(C)c1. The van der Waals surface area contributed by atoms with Gasteiger partial charge in [-0.05, 0) is 50.1 Å². The van der Waals surface area contributed by atoms with Crippen molar-refractivity contribution < 1.29 is 4.79 Å². The van der Waals surface area contributed by atoms with E-state index in [1.54, 1.807) is 0 Å². The van der Waals surface area contributed by atoms with Crippen molar-refractivity contribution in [3.63, 3.8) is 0 Å². The first-order valence-corrected chi connectivity index (χ1v) is 7.32.